The predicted octanol–water partition coefficient (Wildman–Crippen LogP) is 5.27. The number of aliphatic imine (C=N–C) groups is 1. The second kappa shape index (κ2) is 5.46. The summed E-state index contributed by atoms with van der Waals surface area (Å²) in [6.45, 7) is 5.19. The van der Waals surface area contributed by atoms with Gasteiger partial charge in [-0.1, -0.05) is 45.2 Å². The van der Waals surface area contributed by atoms with Gasteiger partial charge in [0.2, 0.25) is 0 Å². The highest BCUT2D eigenvalue weighted by molar-refractivity contribution is 14.1. The fraction of sp³-hybridized carbons (Fsp3) is 0.944. The van der Waals surface area contributed by atoms with E-state index >= 15 is 0 Å². The van der Waals surface area contributed by atoms with Crippen LogP contribution in [0, 0.1) is 28.6 Å². The molecule has 0 atom stereocenters. The number of alkyl halides is 2. The maximum atomic E-state index is 6.25. The average Bonchev–Trinajstić information content (AvgIpc) is 2.79. The number of ether oxygens (including phenoxy) is 1. The number of nitrogens with zero attached hydrogens (tertiary/aromatic N) is 1. The van der Waals surface area contributed by atoms with Crippen LogP contribution in [0.4, 0.5) is 0 Å². The Morgan fingerprint density at radius 2 is 1.55 bits per heavy atom. The summed E-state index contributed by atoms with van der Waals surface area (Å²) >= 11 is 5.25. The van der Waals surface area contributed by atoms with Crippen molar-refractivity contribution in [3.63, 3.8) is 0 Å². The molecular weight excluding hydrogens is 500 g/mol. The Hall–Kier alpha value is 0.930. The van der Waals surface area contributed by atoms with Crippen LogP contribution in [0.25, 0.3) is 0 Å². The number of halogens is 2. The van der Waals surface area contributed by atoms with Gasteiger partial charge in [0.15, 0.2) is 5.90 Å². The first kappa shape index (κ1) is 16.4. The summed E-state index contributed by atoms with van der Waals surface area (Å²) in [5.41, 5.74) is 0.627. The molecule has 0 amide bonds. The van der Waals surface area contributed by atoms with Crippen molar-refractivity contribution in [2.75, 3.05) is 15.5 Å². The van der Waals surface area contributed by atoms with Crippen molar-refractivity contribution in [1.29, 1.82) is 0 Å². The Balaban J connectivity index is 1.76. The van der Waals surface area contributed by atoms with Crippen molar-refractivity contribution in [3.05, 3.63) is 0 Å². The predicted molar refractivity (Wildman–Crippen MR) is 108 cm³/mol. The minimum atomic E-state index is -0.0273. The molecule has 22 heavy (non-hydrogen) atoms. The van der Waals surface area contributed by atoms with E-state index < -0.39 is 0 Å². The zero-order valence-corrected chi connectivity index (χ0v) is 18.0. The normalized spacial score (nSPS) is 42.4. The SMILES string of the molecule is CC1(C)COC(C(CI)(CI)C23CC4CC(CC(C4)C2)C3)=N1. The first-order chi connectivity index (χ1) is 10.4. The van der Waals surface area contributed by atoms with Crippen molar-refractivity contribution < 1.29 is 4.74 Å². The van der Waals surface area contributed by atoms with Crippen LogP contribution in [-0.2, 0) is 4.74 Å². The van der Waals surface area contributed by atoms with Gasteiger partial charge in [-0.2, -0.15) is 0 Å². The van der Waals surface area contributed by atoms with E-state index in [2.05, 4.69) is 59.0 Å². The van der Waals surface area contributed by atoms with Gasteiger partial charge in [-0.3, -0.25) is 0 Å². The summed E-state index contributed by atoms with van der Waals surface area (Å²) in [5.74, 6) is 4.09. The smallest absolute Gasteiger partial charge is 0.192 e. The van der Waals surface area contributed by atoms with E-state index in [9.17, 15) is 0 Å². The summed E-state index contributed by atoms with van der Waals surface area (Å²) in [5, 5.41) is 0. The molecule has 4 heteroatoms. The molecule has 0 aromatic heterocycles. The molecule has 1 aliphatic heterocycles. The van der Waals surface area contributed by atoms with Gasteiger partial charge < -0.3 is 4.74 Å². The lowest BCUT2D eigenvalue weighted by Crippen LogP contribution is -2.59. The quantitative estimate of drug-likeness (QED) is 0.361. The van der Waals surface area contributed by atoms with Gasteiger partial charge >= 0.3 is 0 Å². The summed E-state index contributed by atoms with van der Waals surface area (Å²) in [6, 6.07) is 0. The molecule has 0 aromatic carbocycles. The van der Waals surface area contributed by atoms with E-state index in [-0.39, 0.29) is 11.0 Å². The highest BCUT2D eigenvalue weighted by atomic mass is 127. The largest absolute Gasteiger partial charge is 0.478 e. The molecule has 4 bridgehead atoms. The van der Waals surface area contributed by atoms with Crippen LogP contribution in [0.15, 0.2) is 4.99 Å². The van der Waals surface area contributed by atoms with Crippen molar-refractivity contribution in [3.8, 4) is 0 Å². The molecule has 0 saturated heterocycles. The minimum absolute atomic E-state index is 0.0273. The Kier molecular flexibility index (Phi) is 4.07. The van der Waals surface area contributed by atoms with Gasteiger partial charge in [0, 0.05) is 8.86 Å². The Morgan fingerprint density at radius 1 is 1.05 bits per heavy atom. The highest BCUT2D eigenvalue weighted by Crippen LogP contribution is 2.67. The summed E-state index contributed by atoms with van der Waals surface area (Å²) in [6.07, 6.45) is 8.85. The summed E-state index contributed by atoms with van der Waals surface area (Å²) < 4.78 is 8.57. The van der Waals surface area contributed by atoms with Crippen LogP contribution in [0.2, 0.25) is 0 Å². The van der Waals surface area contributed by atoms with Gasteiger partial charge in [0.1, 0.15) is 6.61 Å². The van der Waals surface area contributed by atoms with Crippen LogP contribution < -0.4 is 0 Å². The van der Waals surface area contributed by atoms with E-state index in [0.717, 1.165) is 39.1 Å². The monoisotopic (exact) mass is 527 g/mol. The minimum Gasteiger partial charge on any atom is -0.478 e. The lowest BCUT2D eigenvalue weighted by Gasteiger charge is -2.63. The molecule has 4 aliphatic carbocycles. The number of rotatable bonds is 4. The van der Waals surface area contributed by atoms with E-state index in [1.54, 1.807) is 0 Å². The topological polar surface area (TPSA) is 21.6 Å². The van der Waals surface area contributed by atoms with Gasteiger partial charge in [-0.05, 0) is 75.5 Å². The Bertz CT molecular complexity index is 460. The molecule has 0 unspecified atom stereocenters. The van der Waals surface area contributed by atoms with Crippen LogP contribution in [0.1, 0.15) is 52.4 Å². The molecule has 124 valence electrons. The second-order valence-electron chi connectivity index (χ2n) is 9.07. The van der Waals surface area contributed by atoms with Crippen molar-refractivity contribution in [1.82, 2.24) is 0 Å². The third-order valence-electron chi connectivity index (χ3n) is 6.89. The number of hydrogen-bond acceptors (Lipinski definition) is 2. The lowest BCUT2D eigenvalue weighted by atomic mass is 9.43. The van der Waals surface area contributed by atoms with Crippen molar-refractivity contribution in [2.24, 2.45) is 33.6 Å². The second-order valence-corrected chi connectivity index (χ2v) is 10.6. The molecule has 0 radical (unpaired) electrons. The van der Waals surface area contributed by atoms with Crippen LogP contribution >= 0.6 is 45.2 Å². The average molecular weight is 527 g/mol. The summed E-state index contributed by atoms with van der Waals surface area (Å²) in [7, 11) is 0. The molecule has 0 spiro atoms. The van der Waals surface area contributed by atoms with Crippen LogP contribution in [0.3, 0.4) is 0 Å². The van der Waals surface area contributed by atoms with Crippen molar-refractivity contribution >= 4 is 51.1 Å². The van der Waals surface area contributed by atoms with Crippen LogP contribution in [-0.4, -0.2) is 26.9 Å². The zero-order chi connectivity index (χ0) is 15.6. The molecule has 1 heterocycles. The van der Waals surface area contributed by atoms with Gasteiger partial charge in [-0.25, -0.2) is 4.99 Å². The third-order valence-corrected chi connectivity index (χ3v) is 9.49. The Morgan fingerprint density at radius 3 is 1.91 bits per heavy atom. The first-order valence-corrected chi connectivity index (χ1v) is 11.8. The van der Waals surface area contributed by atoms with Crippen molar-refractivity contribution in [2.45, 2.75) is 57.9 Å². The first-order valence-electron chi connectivity index (χ1n) is 8.77. The molecule has 4 saturated carbocycles. The maximum Gasteiger partial charge on any atom is 0.192 e. The van der Waals surface area contributed by atoms with Gasteiger partial charge in [0.25, 0.3) is 0 Å². The molecule has 5 rings (SSSR count). The number of hydrogen-bond donors (Lipinski definition) is 0. The van der Waals surface area contributed by atoms with E-state index in [1.165, 1.54) is 38.5 Å². The fourth-order valence-corrected chi connectivity index (χ4v) is 10.0. The van der Waals surface area contributed by atoms with Gasteiger partial charge in [0.05, 0.1) is 11.0 Å². The maximum absolute atomic E-state index is 6.25. The molecule has 0 aromatic rings. The molecular formula is C18H27I2NO. The molecule has 4 fully saturated rings. The van der Waals surface area contributed by atoms with Gasteiger partial charge in [-0.15, -0.1) is 0 Å². The van der Waals surface area contributed by atoms with Crippen LogP contribution in [0.5, 0.6) is 0 Å². The van der Waals surface area contributed by atoms with E-state index in [0.29, 0.717) is 5.41 Å². The fourth-order valence-electron chi connectivity index (χ4n) is 6.19. The third kappa shape index (κ3) is 2.31. The highest BCUT2D eigenvalue weighted by Gasteiger charge is 2.62. The van der Waals surface area contributed by atoms with E-state index in [1.807, 2.05) is 0 Å². The molecule has 5 aliphatic rings. The zero-order valence-electron chi connectivity index (χ0n) is 13.7. The molecule has 0 N–H and O–H groups in total. The molecule has 2 nitrogen and oxygen atoms in total. The Labute approximate surface area is 161 Å². The summed E-state index contributed by atoms with van der Waals surface area (Å²) in [4.78, 5) is 5.08. The standard InChI is InChI=1S/C18H27I2NO/c1-16(2)11-22-15(21-16)18(9-19,10-20)17-6-12-3-13(7-17)5-14(4-12)8-17/h12-14H,3-11H2,1-2H3. The lowest BCUT2D eigenvalue weighted by molar-refractivity contribution is -0.0964. The van der Waals surface area contributed by atoms with E-state index in [4.69, 9.17) is 9.73 Å².